The summed E-state index contributed by atoms with van der Waals surface area (Å²) < 4.78 is 5.16. The number of rotatable bonds is 7. The van der Waals surface area contributed by atoms with Crippen LogP contribution in [0.4, 0.5) is 0 Å². The minimum Gasteiger partial charge on any atom is -0.550 e. The van der Waals surface area contributed by atoms with Crippen molar-refractivity contribution in [3.8, 4) is 0 Å². The lowest BCUT2D eigenvalue weighted by molar-refractivity contribution is -0.313. The van der Waals surface area contributed by atoms with Gasteiger partial charge in [0.05, 0.1) is 19.1 Å². The normalized spacial score (nSPS) is 31.4. The maximum absolute atomic E-state index is 12.1. The largest absolute Gasteiger partial charge is 0.550 e. The number of carboxylic acids is 1. The third kappa shape index (κ3) is 2.87. The van der Waals surface area contributed by atoms with Crippen LogP contribution in [0.2, 0.25) is 0 Å². The Hall–Kier alpha value is -1.62. The van der Waals surface area contributed by atoms with E-state index in [0.29, 0.717) is 19.8 Å². The third-order valence-corrected chi connectivity index (χ3v) is 3.82. The molecule has 0 aromatic heterocycles. The van der Waals surface area contributed by atoms with Gasteiger partial charge in [-0.2, -0.15) is 0 Å². The summed E-state index contributed by atoms with van der Waals surface area (Å²) in [6, 6.07) is 0. The molecule has 0 unspecified atom stereocenters. The standard InChI is InChI=1S/C14H19NO4/c1-2-6-19-7-5-15-13(16)11-9-3-4-10(8-9)12(11)14(17)18/h2-4,9-12H,1,5-8H2,(H,15,16)(H,17,18)/p-1/t9-,10-,11+,12-/m0/s1. The van der Waals surface area contributed by atoms with Gasteiger partial charge in [0, 0.05) is 18.4 Å². The van der Waals surface area contributed by atoms with Crippen molar-refractivity contribution in [2.45, 2.75) is 6.42 Å². The highest BCUT2D eigenvalue weighted by molar-refractivity contribution is 5.86. The lowest BCUT2D eigenvalue weighted by atomic mass is 9.82. The van der Waals surface area contributed by atoms with E-state index in [2.05, 4.69) is 11.9 Å². The molecule has 5 nitrogen and oxygen atoms in total. The van der Waals surface area contributed by atoms with E-state index in [1.807, 2.05) is 12.2 Å². The predicted octanol–water partition coefficient (Wildman–Crippen LogP) is -0.507. The van der Waals surface area contributed by atoms with E-state index in [4.69, 9.17) is 4.74 Å². The van der Waals surface area contributed by atoms with E-state index in [1.54, 1.807) is 6.08 Å². The number of aliphatic carboxylic acids is 1. The van der Waals surface area contributed by atoms with Crippen LogP contribution in [0, 0.1) is 23.7 Å². The molecular weight excluding hydrogens is 246 g/mol. The lowest BCUT2D eigenvalue weighted by Crippen LogP contribution is -2.45. The Bertz CT molecular complexity index is 404. The second kappa shape index (κ2) is 6.02. The van der Waals surface area contributed by atoms with E-state index >= 15 is 0 Å². The number of ether oxygens (including phenoxy) is 1. The van der Waals surface area contributed by atoms with E-state index in [9.17, 15) is 14.7 Å². The molecule has 0 aromatic rings. The Kier molecular flexibility index (Phi) is 4.37. The molecule has 1 saturated carbocycles. The van der Waals surface area contributed by atoms with Crippen LogP contribution in [-0.4, -0.2) is 31.6 Å². The average molecular weight is 264 g/mol. The fraction of sp³-hybridized carbons (Fsp3) is 0.571. The van der Waals surface area contributed by atoms with Gasteiger partial charge in [0.2, 0.25) is 5.91 Å². The van der Waals surface area contributed by atoms with Crippen molar-refractivity contribution < 1.29 is 19.4 Å². The zero-order valence-corrected chi connectivity index (χ0v) is 10.7. The highest BCUT2D eigenvalue weighted by Gasteiger charge is 2.48. The number of carboxylic acid groups (broad SMARTS) is 1. The molecule has 0 heterocycles. The second-order valence-electron chi connectivity index (χ2n) is 4.97. The molecule has 4 atom stereocenters. The van der Waals surface area contributed by atoms with E-state index in [-0.39, 0.29) is 17.7 Å². The number of allylic oxidation sites excluding steroid dienone is 2. The number of amides is 1. The maximum atomic E-state index is 12.1. The third-order valence-electron chi connectivity index (χ3n) is 3.82. The van der Waals surface area contributed by atoms with Crippen LogP contribution in [0.1, 0.15) is 6.42 Å². The quantitative estimate of drug-likeness (QED) is 0.496. The van der Waals surface area contributed by atoms with Crippen LogP contribution in [0.15, 0.2) is 24.8 Å². The highest BCUT2D eigenvalue weighted by atomic mass is 16.5. The summed E-state index contributed by atoms with van der Waals surface area (Å²) in [6.07, 6.45) is 6.21. The zero-order chi connectivity index (χ0) is 13.8. The zero-order valence-electron chi connectivity index (χ0n) is 10.7. The summed E-state index contributed by atoms with van der Waals surface area (Å²) in [5.74, 6) is -2.55. The fourth-order valence-electron chi connectivity index (χ4n) is 3.03. The fourth-order valence-corrected chi connectivity index (χ4v) is 3.03. The molecule has 0 aromatic carbocycles. The number of fused-ring (bicyclic) bond motifs is 2. The molecule has 2 aliphatic carbocycles. The van der Waals surface area contributed by atoms with Gasteiger partial charge in [0.15, 0.2) is 0 Å². The molecule has 19 heavy (non-hydrogen) atoms. The lowest BCUT2D eigenvalue weighted by Gasteiger charge is -2.27. The molecule has 0 saturated heterocycles. The molecule has 2 bridgehead atoms. The van der Waals surface area contributed by atoms with Crippen molar-refractivity contribution in [3.63, 3.8) is 0 Å². The molecule has 1 N–H and O–H groups in total. The predicted molar refractivity (Wildman–Crippen MR) is 66.7 cm³/mol. The van der Waals surface area contributed by atoms with Crippen LogP contribution >= 0.6 is 0 Å². The Morgan fingerprint density at radius 3 is 2.68 bits per heavy atom. The van der Waals surface area contributed by atoms with Gasteiger partial charge in [-0.25, -0.2) is 0 Å². The topological polar surface area (TPSA) is 78.5 Å². The van der Waals surface area contributed by atoms with Crippen LogP contribution in [0.3, 0.4) is 0 Å². The SMILES string of the molecule is C=CCOCCNC(=O)[C@H]1[C@@H](C(=O)[O-])[C@H]2C=C[C@H]1C2. The van der Waals surface area contributed by atoms with Crippen molar-refractivity contribution >= 4 is 11.9 Å². The monoisotopic (exact) mass is 264 g/mol. The van der Waals surface area contributed by atoms with Gasteiger partial charge in [0.25, 0.3) is 0 Å². The van der Waals surface area contributed by atoms with Crippen LogP contribution in [0.5, 0.6) is 0 Å². The summed E-state index contributed by atoms with van der Waals surface area (Å²) in [4.78, 5) is 23.2. The minimum atomic E-state index is -1.13. The summed E-state index contributed by atoms with van der Waals surface area (Å²) in [6.45, 7) is 4.73. The molecule has 1 amide bonds. The van der Waals surface area contributed by atoms with E-state index in [0.717, 1.165) is 6.42 Å². The van der Waals surface area contributed by atoms with Crippen molar-refractivity contribution in [1.29, 1.82) is 0 Å². The summed E-state index contributed by atoms with van der Waals surface area (Å²) in [5, 5.41) is 13.9. The first kappa shape index (κ1) is 13.8. The Morgan fingerprint density at radius 2 is 2.05 bits per heavy atom. The van der Waals surface area contributed by atoms with Gasteiger partial charge < -0.3 is 20.0 Å². The highest BCUT2D eigenvalue weighted by Crippen LogP contribution is 2.47. The second-order valence-corrected chi connectivity index (χ2v) is 4.97. The molecule has 1 fully saturated rings. The first-order valence-electron chi connectivity index (χ1n) is 6.50. The molecule has 2 aliphatic rings. The number of hydrogen-bond acceptors (Lipinski definition) is 4. The molecule has 104 valence electrons. The van der Waals surface area contributed by atoms with Gasteiger partial charge >= 0.3 is 0 Å². The summed E-state index contributed by atoms with van der Waals surface area (Å²) in [5.41, 5.74) is 0. The molecular formula is C14H18NO4-. The number of carbonyl (C=O) groups excluding carboxylic acids is 2. The number of nitrogens with one attached hydrogen (secondary N) is 1. The Balaban J connectivity index is 1.86. The number of carbonyl (C=O) groups is 2. The van der Waals surface area contributed by atoms with Crippen molar-refractivity contribution in [2.75, 3.05) is 19.8 Å². The molecule has 0 aliphatic heterocycles. The summed E-state index contributed by atoms with van der Waals surface area (Å²) >= 11 is 0. The smallest absolute Gasteiger partial charge is 0.224 e. The first-order chi connectivity index (χ1) is 9.15. The first-order valence-corrected chi connectivity index (χ1v) is 6.50. The van der Waals surface area contributed by atoms with Crippen LogP contribution in [0.25, 0.3) is 0 Å². The van der Waals surface area contributed by atoms with Gasteiger partial charge in [-0.15, -0.1) is 6.58 Å². The van der Waals surface area contributed by atoms with Gasteiger partial charge in [-0.3, -0.25) is 4.79 Å². The van der Waals surface area contributed by atoms with Gasteiger partial charge in [-0.05, 0) is 18.3 Å². The molecule has 0 radical (unpaired) electrons. The van der Waals surface area contributed by atoms with Crippen LogP contribution < -0.4 is 10.4 Å². The van der Waals surface area contributed by atoms with Crippen molar-refractivity contribution in [3.05, 3.63) is 24.8 Å². The molecule has 5 heteroatoms. The van der Waals surface area contributed by atoms with E-state index < -0.39 is 17.8 Å². The molecule has 0 spiro atoms. The van der Waals surface area contributed by atoms with Crippen LogP contribution in [-0.2, 0) is 14.3 Å². The van der Waals surface area contributed by atoms with E-state index in [1.165, 1.54) is 0 Å². The maximum Gasteiger partial charge on any atom is 0.224 e. The Labute approximate surface area is 112 Å². The molecule has 2 rings (SSSR count). The van der Waals surface area contributed by atoms with Gasteiger partial charge in [-0.1, -0.05) is 18.2 Å². The Morgan fingerprint density at radius 1 is 1.37 bits per heavy atom. The van der Waals surface area contributed by atoms with Crippen molar-refractivity contribution in [1.82, 2.24) is 5.32 Å². The average Bonchev–Trinajstić information content (AvgIpc) is 2.98. The summed E-state index contributed by atoms with van der Waals surface area (Å²) in [7, 11) is 0. The van der Waals surface area contributed by atoms with Crippen molar-refractivity contribution in [2.24, 2.45) is 23.7 Å². The minimum absolute atomic E-state index is 0.0296. The van der Waals surface area contributed by atoms with Gasteiger partial charge in [0.1, 0.15) is 0 Å². The number of hydrogen-bond donors (Lipinski definition) is 1.